The van der Waals surface area contributed by atoms with E-state index in [4.69, 9.17) is 14.3 Å². The van der Waals surface area contributed by atoms with E-state index in [9.17, 15) is 4.79 Å². The van der Waals surface area contributed by atoms with Gasteiger partial charge in [-0.15, -0.1) is 0 Å². The average Bonchev–Trinajstić information content (AvgIpc) is 2.92. The number of hydrogen-bond donors (Lipinski definition) is 1. The molecule has 0 aliphatic carbocycles. The lowest BCUT2D eigenvalue weighted by Gasteiger charge is -2.06. The molecule has 2 unspecified atom stereocenters. The van der Waals surface area contributed by atoms with Crippen molar-refractivity contribution < 1.29 is 19.1 Å². The number of rotatable bonds is 2. The van der Waals surface area contributed by atoms with E-state index in [1.54, 1.807) is 0 Å². The van der Waals surface area contributed by atoms with E-state index in [-0.39, 0.29) is 6.10 Å². The molecular weight excluding hydrogens is 246 g/mol. The Morgan fingerprint density at radius 3 is 2.84 bits per heavy atom. The van der Waals surface area contributed by atoms with Gasteiger partial charge in [0.1, 0.15) is 11.6 Å². The Morgan fingerprint density at radius 1 is 1.37 bits per heavy atom. The Kier molecular flexibility index (Phi) is 2.78. The van der Waals surface area contributed by atoms with E-state index >= 15 is 0 Å². The SMILES string of the molecule is Cc1cc(C)c2oc(C3CCC(C(=O)O)O3)nc2c1. The third-order valence-electron chi connectivity index (χ3n) is 3.41. The first-order valence-electron chi connectivity index (χ1n) is 6.30. The highest BCUT2D eigenvalue weighted by Gasteiger charge is 2.34. The maximum absolute atomic E-state index is 10.9. The number of aryl methyl sites for hydroxylation is 2. The zero-order valence-corrected chi connectivity index (χ0v) is 10.8. The lowest BCUT2D eigenvalue weighted by Crippen LogP contribution is -2.18. The number of carboxylic acids is 1. The van der Waals surface area contributed by atoms with Crippen LogP contribution in [0, 0.1) is 13.8 Å². The number of carboxylic acid groups (broad SMARTS) is 1. The molecule has 1 aliphatic heterocycles. The van der Waals surface area contributed by atoms with Gasteiger partial charge in [-0.05, 0) is 43.9 Å². The molecule has 100 valence electrons. The number of aliphatic carboxylic acids is 1. The lowest BCUT2D eigenvalue weighted by molar-refractivity contribution is -0.149. The number of carbonyl (C=O) groups is 1. The smallest absolute Gasteiger partial charge is 0.332 e. The van der Waals surface area contributed by atoms with Gasteiger partial charge in [-0.3, -0.25) is 0 Å². The Hall–Kier alpha value is -1.88. The summed E-state index contributed by atoms with van der Waals surface area (Å²) in [5.41, 5.74) is 3.71. The molecule has 5 heteroatoms. The molecule has 1 aromatic heterocycles. The van der Waals surface area contributed by atoms with Crippen molar-refractivity contribution in [3.8, 4) is 0 Å². The second kappa shape index (κ2) is 4.35. The van der Waals surface area contributed by atoms with Gasteiger partial charge in [0.15, 0.2) is 11.7 Å². The van der Waals surface area contributed by atoms with Crippen molar-refractivity contribution in [2.75, 3.05) is 0 Å². The van der Waals surface area contributed by atoms with Crippen molar-refractivity contribution in [3.05, 3.63) is 29.2 Å². The molecule has 0 amide bonds. The molecule has 19 heavy (non-hydrogen) atoms. The molecule has 2 atom stereocenters. The summed E-state index contributed by atoms with van der Waals surface area (Å²) in [7, 11) is 0. The summed E-state index contributed by atoms with van der Waals surface area (Å²) in [6, 6.07) is 3.99. The molecule has 2 heterocycles. The van der Waals surface area contributed by atoms with Crippen LogP contribution in [0.5, 0.6) is 0 Å². The minimum absolute atomic E-state index is 0.354. The number of aromatic nitrogens is 1. The molecule has 1 N–H and O–H groups in total. The van der Waals surface area contributed by atoms with Gasteiger partial charge in [-0.25, -0.2) is 9.78 Å². The second-order valence-corrected chi connectivity index (χ2v) is 5.01. The van der Waals surface area contributed by atoms with Gasteiger partial charge in [0, 0.05) is 0 Å². The predicted octanol–water partition coefficient (Wildman–Crippen LogP) is 2.75. The van der Waals surface area contributed by atoms with E-state index in [0.29, 0.717) is 18.7 Å². The Balaban J connectivity index is 1.94. The van der Waals surface area contributed by atoms with Crippen LogP contribution in [0.2, 0.25) is 0 Å². The number of benzene rings is 1. The first kappa shape index (κ1) is 12.2. The monoisotopic (exact) mass is 261 g/mol. The Morgan fingerprint density at radius 2 is 2.16 bits per heavy atom. The molecule has 0 saturated carbocycles. The normalized spacial score (nSPS) is 23.1. The number of ether oxygens (including phenoxy) is 1. The summed E-state index contributed by atoms with van der Waals surface area (Å²) in [5.74, 6) is -0.446. The van der Waals surface area contributed by atoms with Crippen LogP contribution in [-0.2, 0) is 9.53 Å². The molecule has 0 bridgehead atoms. The van der Waals surface area contributed by atoms with E-state index < -0.39 is 12.1 Å². The van der Waals surface area contributed by atoms with Gasteiger partial charge in [0.05, 0.1) is 0 Å². The van der Waals surface area contributed by atoms with Gasteiger partial charge in [-0.2, -0.15) is 0 Å². The Bertz CT molecular complexity index is 646. The fourth-order valence-corrected chi connectivity index (χ4v) is 2.53. The van der Waals surface area contributed by atoms with E-state index in [2.05, 4.69) is 4.98 Å². The highest BCUT2D eigenvalue weighted by Crippen LogP contribution is 2.34. The zero-order chi connectivity index (χ0) is 13.6. The molecule has 0 spiro atoms. The van der Waals surface area contributed by atoms with E-state index in [0.717, 1.165) is 22.2 Å². The van der Waals surface area contributed by atoms with Crippen LogP contribution in [-0.4, -0.2) is 22.2 Å². The Labute approximate surface area is 110 Å². The summed E-state index contributed by atoms with van der Waals surface area (Å²) in [6.45, 7) is 3.98. The molecule has 3 rings (SSSR count). The zero-order valence-electron chi connectivity index (χ0n) is 10.8. The first-order valence-corrected chi connectivity index (χ1v) is 6.30. The minimum atomic E-state index is -0.925. The molecule has 1 saturated heterocycles. The molecule has 1 fully saturated rings. The fourth-order valence-electron chi connectivity index (χ4n) is 2.53. The largest absolute Gasteiger partial charge is 0.479 e. The van der Waals surface area contributed by atoms with Gasteiger partial charge in [0.2, 0.25) is 5.89 Å². The minimum Gasteiger partial charge on any atom is -0.479 e. The topological polar surface area (TPSA) is 72.6 Å². The molecule has 5 nitrogen and oxygen atoms in total. The second-order valence-electron chi connectivity index (χ2n) is 5.01. The summed E-state index contributed by atoms with van der Waals surface area (Å²) in [6.07, 6.45) is 0.0227. The molecule has 2 aromatic rings. The van der Waals surface area contributed by atoms with Crippen molar-refractivity contribution in [3.63, 3.8) is 0 Å². The summed E-state index contributed by atoms with van der Waals surface area (Å²) < 4.78 is 11.2. The van der Waals surface area contributed by atoms with Crippen LogP contribution in [0.15, 0.2) is 16.5 Å². The van der Waals surface area contributed by atoms with Crippen LogP contribution < -0.4 is 0 Å². The highest BCUT2D eigenvalue weighted by atomic mass is 16.5. The van der Waals surface area contributed by atoms with Crippen LogP contribution in [0.1, 0.15) is 36.0 Å². The summed E-state index contributed by atoms with van der Waals surface area (Å²) in [5, 5.41) is 8.92. The number of oxazole rings is 1. The lowest BCUT2D eigenvalue weighted by atomic mass is 10.1. The molecule has 0 radical (unpaired) electrons. The average molecular weight is 261 g/mol. The quantitative estimate of drug-likeness (QED) is 0.899. The van der Waals surface area contributed by atoms with Crippen molar-refractivity contribution in [1.29, 1.82) is 0 Å². The van der Waals surface area contributed by atoms with Crippen LogP contribution in [0.25, 0.3) is 11.1 Å². The van der Waals surface area contributed by atoms with Gasteiger partial charge >= 0.3 is 5.97 Å². The van der Waals surface area contributed by atoms with Crippen LogP contribution in [0.4, 0.5) is 0 Å². The summed E-state index contributed by atoms with van der Waals surface area (Å²) in [4.78, 5) is 15.3. The maximum atomic E-state index is 10.9. The third-order valence-corrected chi connectivity index (χ3v) is 3.41. The van der Waals surface area contributed by atoms with Crippen molar-refractivity contribution in [2.45, 2.75) is 38.9 Å². The van der Waals surface area contributed by atoms with E-state index in [1.807, 2.05) is 26.0 Å². The standard InChI is InChI=1S/C14H15NO4/c1-7-5-8(2)12-9(6-7)15-13(19-12)10-3-4-11(18-10)14(16)17/h5-6,10-11H,3-4H2,1-2H3,(H,16,17). The van der Waals surface area contributed by atoms with Crippen LogP contribution >= 0.6 is 0 Å². The maximum Gasteiger partial charge on any atom is 0.332 e. The molecule has 1 aromatic carbocycles. The number of fused-ring (bicyclic) bond motifs is 1. The first-order chi connectivity index (χ1) is 9.04. The third kappa shape index (κ3) is 2.10. The fraction of sp³-hybridized carbons (Fsp3) is 0.429. The summed E-state index contributed by atoms with van der Waals surface area (Å²) >= 11 is 0. The highest BCUT2D eigenvalue weighted by molar-refractivity contribution is 5.77. The van der Waals surface area contributed by atoms with Crippen molar-refractivity contribution >= 4 is 17.1 Å². The number of nitrogens with zero attached hydrogens (tertiary/aromatic N) is 1. The van der Waals surface area contributed by atoms with Crippen molar-refractivity contribution in [2.24, 2.45) is 0 Å². The van der Waals surface area contributed by atoms with E-state index in [1.165, 1.54) is 0 Å². The van der Waals surface area contributed by atoms with Gasteiger partial charge in [0.25, 0.3) is 0 Å². The van der Waals surface area contributed by atoms with Crippen molar-refractivity contribution in [1.82, 2.24) is 4.98 Å². The number of hydrogen-bond acceptors (Lipinski definition) is 4. The van der Waals surface area contributed by atoms with Gasteiger partial charge < -0.3 is 14.3 Å². The molecule has 1 aliphatic rings. The predicted molar refractivity (Wildman–Crippen MR) is 68.0 cm³/mol. The van der Waals surface area contributed by atoms with Crippen LogP contribution in [0.3, 0.4) is 0 Å². The molecular formula is C14H15NO4. The van der Waals surface area contributed by atoms with Gasteiger partial charge in [-0.1, -0.05) is 6.07 Å².